The molecule has 2 atom stereocenters. The second-order valence-electron chi connectivity index (χ2n) is 3.33. The maximum absolute atomic E-state index is 12.9. The predicted octanol–water partition coefficient (Wildman–Crippen LogP) is 2.25. The maximum atomic E-state index is 12.9. The second kappa shape index (κ2) is 3.79. The minimum atomic E-state index is -0.890. The first kappa shape index (κ1) is 9.80. The van der Waals surface area contributed by atoms with E-state index in [1.54, 1.807) is 0 Å². The van der Waals surface area contributed by atoms with E-state index in [9.17, 15) is 8.78 Å². The number of nitrogens with zero attached hydrogens (tertiary/aromatic N) is 1. The summed E-state index contributed by atoms with van der Waals surface area (Å²) < 4.78 is 25.7. The largest absolute Gasteiger partial charge is 0.307 e. The molecule has 0 radical (unpaired) electrons. The summed E-state index contributed by atoms with van der Waals surface area (Å²) in [6.07, 6.45) is 0.484. The summed E-state index contributed by atoms with van der Waals surface area (Å²) in [6, 6.07) is 1.08. The molecule has 0 unspecified atom stereocenters. The van der Waals surface area contributed by atoms with Gasteiger partial charge in [0.1, 0.15) is 17.1 Å². The molecule has 0 amide bonds. The fraction of sp³-hybridized carbons (Fsp3) is 0.444. The molecular weight excluding hydrogens is 210 g/mol. The predicted molar refractivity (Wildman–Crippen MR) is 49.5 cm³/mol. The van der Waals surface area contributed by atoms with Crippen molar-refractivity contribution >= 4 is 11.6 Å². The molecule has 1 aliphatic heterocycles. The second-order valence-corrected chi connectivity index (χ2v) is 3.69. The SMILES string of the molecule is Fc1cnc(Cl)c([C@H]2C[C@H](F)CN2)c1. The number of hydrogen-bond acceptors (Lipinski definition) is 2. The van der Waals surface area contributed by atoms with Crippen LogP contribution in [0.3, 0.4) is 0 Å². The Kier molecular flexibility index (Phi) is 2.65. The van der Waals surface area contributed by atoms with E-state index in [0.29, 0.717) is 12.0 Å². The standard InChI is InChI=1S/C9H9ClF2N2/c10-9-7(1-5(11)4-14-9)8-2-6(12)3-13-8/h1,4,6,8,13H,2-3H2/t6-,8+/m0/s1. The van der Waals surface area contributed by atoms with Crippen molar-refractivity contribution in [1.82, 2.24) is 10.3 Å². The minimum Gasteiger partial charge on any atom is -0.307 e. The van der Waals surface area contributed by atoms with Crippen LogP contribution < -0.4 is 5.32 Å². The minimum absolute atomic E-state index is 0.222. The smallest absolute Gasteiger partial charge is 0.141 e. The average Bonchev–Trinajstić information content (AvgIpc) is 2.56. The molecule has 1 N–H and O–H groups in total. The maximum Gasteiger partial charge on any atom is 0.141 e. The first-order valence-corrected chi connectivity index (χ1v) is 4.73. The first-order chi connectivity index (χ1) is 6.66. The van der Waals surface area contributed by atoms with E-state index in [0.717, 1.165) is 6.20 Å². The number of hydrogen-bond donors (Lipinski definition) is 1. The summed E-state index contributed by atoms with van der Waals surface area (Å²) >= 11 is 5.78. The van der Waals surface area contributed by atoms with Crippen LogP contribution in [0.1, 0.15) is 18.0 Å². The normalized spacial score (nSPS) is 26.8. The first-order valence-electron chi connectivity index (χ1n) is 4.35. The summed E-state index contributed by atoms with van der Waals surface area (Å²) in [5, 5.41) is 3.16. The molecule has 0 aromatic carbocycles. The van der Waals surface area contributed by atoms with Crippen molar-refractivity contribution in [2.45, 2.75) is 18.6 Å². The van der Waals surface area contributed by atoms with E-state index in [1.807, 2.05) is 0 Å². The van der Waals surface area contributed by atoms with Gasteiger partial charge < -0.3 is 5.32 Å². The molecule has 1 saturated heterocycles. The number of aromatic nitrogens is 1. The Morgan fingerprint density at radius 1 is 1.57 bits per heavy atom. The third kappa shape index (κ3) is 1.86. The van der Waals surface area contributed by atoms with Crippen molar-refractivity contribution in [3.63, 3.8) is 0 Å². The van der Waals surface area contributed by atoms with Crippen LogP contribution in [0.2, 0.25) is 5.15 Å². The van der Waals surface area contributed by atoms with Crippen molar-refractivity contribution < 1.29 is 8.78 Å². The highest BCUT2D eigenvalue weighted by molar-refractivity contribution is 6.30. The highest BCUT2D eigenvalue weighted by Gasteiger charge is 2.26. The average molecular weight is 219 g/mol. The summed E-state index contributed by atoms with van der Waals surface area (Å²) in [5.41, 5.74) is 0.534. The van der Waals surface area contributed by atoms with E-state index in [-0.39, 0.29) is 17.7 Å². The highest BCUT2D eigenvalue weighted by atomic mass is 35.5. The van der Waals surface area contributed by atoms with Crippen molar-refractivity contribution in [2.75, 3.05) is 6.54 Å². The van der Waals surface area contributed by atoms with Gasteiger partial charge >= 0.3 is 0 Å². The van der Waals surface area contributed by atoms with Crippen LogP contribution in [-0.4, -0.2) is 17.7 Å². The Balaban J connectivity index is 2.27. The molecule has 0 saturated carbocycles. The molecule has 76 valence electrons. The molecule has 2 nitrogen and oxygen atoms in total. The van der Waals surface area contributed by atoms with Crippen molar-refractivity contribution in [3.8, 4) is 0 Å². The van der Waals surface area contributed by atoms with Gasteiger partial charge in [-0.2, -0.15) is 0 Å². The van der Waals surface area contributed by atoms with Gasteiger partial charge in [-0.05, 0) is 12.5 Å². The van der Waals surface area contributed by atoms with Gasteiger partial charge in [-0.15, -0.1) is 0 Å². The van der Waals surface area contributed by atoms with Crippen molar-refractivity contribution in [3.05, 3.63) is 28.8 Å². The molecule has 1 fully saturated rings. The lowest BCUT2D eigenvalue weighted by Gasteiger charge is -2.11. The van der Waals surface area contributed by atoms with Crippen molar-refractivity contribution in [1.29, 1.82) is 0 Å². The quantitative estimate of drug-likeness (QED) is 0.732. The number of rotatable bonds is 1. The topological polar surface area (TPSA) is 24.9 Å². The molecule has 1 aromatic rings. The van der Waals surface area contributed by atoms with E-state index >= 15 is 0 Å². The monoisotopic (exact) mass is 218 g/mol. The van der Waals surface area contributed by atoms with Crippen molar-refractivity contribution in [2.24, 2.45) is 0 Å². The highest BCUT2D eigenvalue weighted by Crippen LogP contribution is 2.29. The molecule has 0 spiro atoms. The zero-order valence-corrected chi connectivity index (χ0v) is 8.06. The van der Waals surface area contributed by atoms with Gasteiger partial charge in [-0.25, -0.2) is 13.8 Å². The Hall–Kier alpha value is -0.740. The Labute approximate surface area is 85.3 Å². The zero-order chi connectivity index (χ0) is 10.1. The van der Waals surface area contributed by atoms with Gasteiger partial charge in [0.05, 0.1) is 6.20 Å². The fourth-order valence-corrected chi connectivity index (χ4v) is 1.85. The van der Waals surface area contributed by atoms with Crippen LogP contribution in [0.25, 0.3) is 0 Å². The zero-order valence-electron chi connectivity index (χ0n) is 7.30. The van der Waals surface area contributed by atoms with Gasteiger partial charge in [-0.1, -0.05) is 11.6 Å². The van der Waals surface area contributed by atoms with Gasteiger partial charge in [0.2, 0.25) is 0 Å². The van der Waals surface area contributed by atoms with Crippen LogP contribution in [0, 0.1) is 5.82 Å². The Morgan fingerprint density at radius 3 is 3.00 bits per heavy atom. The summed E-state index contributed by atoms with van der Waals surface area (Å²) in [7, 11) is 0. The van der Waals surface area contributed by atoms with E-state index in [2.05, 4.69) is 10.3 Å². The van der Waals surface area contributed by atoms with Gasteiger partial charge in [0.15, 0.2) is 0 Å². The molecular formula is C9H9ClF2N2. The fourth-order valence-electron chi connectivity index (χ4n) is 1.61. The Bertz CT molecular complexity index is 346. The molecule has 1 aromatic heterocycles. The number of pyridine rings is 1. The third-order valence-electron chi connectivity index (χ3n) is 2.29. The van der Waals surface area contributed by atoms with Crippen LogP contribution in [0.15, 0.2) is 12.3 Å². The van der Waals surface area contributed by atoms with E-state index in [4.69, 9.17) is 11.6 Å². The van der Waals surface area contributed by atoms with E-state index in [1.165, 1.54) is 6.07 Å². The number of alkyl halides is 1. The summed E-state index contributed by atoms with van der Waals surface area (Å²) in [6.45, 7) is 0.289. The van der Waals surface area contributed by atoms with Gasteiger partial charge in [0.25, 0.3) is 0 Å². The number of halogens is 3. The molecule has 0 bridgehead atoms. The molecule has 0 aliphatic carbocycles. The Morgan fingerprint density at radius 2 is 2.36 bits per heavy atom. The van der Waals surface area contributed by atoms with Crippen LogP contribution in [0.4, 0.5) is 8.78 Å². The lowest BCUT2D eigenvalue weighted by atomic mass is 10.1. The number of nitrogens with one attached hydrogen (secondary N) is 1. The molecule has 2 rings (SSSR count). The van der Waals surface area contributed by atoms with Gasteiger partial charge in [-0.3, -0.25) is 0 Å². The lowest BCUT2D eigenvalue weighted by Crippen LogP contribution is -2.14. The molecule has 5 heteroatoms. The molecule has 14 heavy (non-hydrogen) atoms. The molecule has 1 aliphatic rings. The summed E-state index contributed by atoms with van der Waals surface area (Å²) in [5.74, 6) is -0.450. The lowest BCUT2D eigenvalue weighted by molar-refractivity contribution is 0.356. The molecule has 2 heterocycles. The third-order valence-corrected chi connectivity index (χ3v) is 2.60. The van der Waals surface area contributed by atoms with Crippen LogP contribution in [-0.2, 0) is 0 Å². The van der Waals surface area contributed by atoms with Crippen LogP contribution >= 0.6 is 11.6 Å². The van der Waals surface area contributed by atoms with Crippen LogP contribution in [0.5, 0.6) is 0 Å². The van der Waals surface area contributed by atoms with Gasteiger partial charge in [0, 0.05) is 18.2 Å². The van der Waals surface area contributed by atoms with E-state index < -0.39 is 12.0 Å². The summed E-state index contributed by atoms with van der Waals surface area (Å²) in [4.78, 5) is 3.68.